The number of carbonyl (C=O) groups excluding carboxylic acids is 1. The number of carbonyl (C=O) groups is 1. The SMILES string of the molecule is Cn1nc(C2CCN(C(=O)c3ccc(S(=O)(=O)N4CCCCC4)cc3)CC2)n(C2CC2)c1=O. The Labute approximate surface area is 194 Å². The summed E-state index contributed by atoms with van der Waals surface area (Å²) in [7, 11) is -1.81. The van der Waals surface area contributed by atoms with E-state index in [2.05, 4.69) is 5.10 Å². The molecule has 9 nitrogen and oxygen atoms in total. The molecular formula is C23H31N5O4S. The molecule has 10 heteroatoms. The molecule has 178 valence electrons. The molecule has 1 amide bonds. The van der Waals surface area contributed by atoms with E-state index in [0.29, 0.717) is 31.7 Å². The molecule has 2 aromatic rings. The first kappa shape index (κ1) is 22.3. The van der Waals surface area contributed by atoms with Crippen molar-refractivity contribution < 1.29 is 13.2 Å². The van der Waals surface area contributed by atoms with Crippen molar-refractivity contribution in [3.63, 3.8) is 0 Å². The highest BCUT2D eigenvalue weighted by Gasteiger charge is 2.34. The van der Waals surface area contributed by atoms with Crippen molar-refractivity contribution in [3.8, 4) is 0 Å². The van der Waals surface area contributed by atoms with Gasteiger partial charge in [0.15, 0.2) is 0 Å². The van der Waals surface area contributed by atoms with E-state index in [1.165, 1.54) is 8.99 Å². The zero-order chi connectivity index (χ0) is 23.2. The molecule has 1 aromatic carbocycles. The molecular weight excluding hydrogens is 442 g/mol. The summed E-state index contributed by atoms with van der Waals surface area (Å²) in [6.45, 7) is 2.30. The van der Waals surface area contributed by atoms with Gasteiger partial charge in [-0.05, 0) is 62.8 Å². The summed E-state index contributed by atoms with van der Waals surface area (Å²) in [5, 5.41) is 4.50. The number of hydrogen-bond acceptors (Lipinski definition) is 5. The third-order valence-electron chi connectivity index (χ3n) is 7.10. The lowest BCUT2D eigenvalue weighted by Gasteiger charge is -2.31. The van der Waals surface area contributed by atoms with Crippen LogP contribution in [0.5, 0.6) is 0 Å². The highest BCUT2D eigenvalue weighted by Crippen LogP contribution is 2.37. The third-order valence-corrected chi connectivity index (χ3v) is 9.01. The number of sulfonamides is 1. The summed E-state index contributed by atoms with van der Waals surface area (Å²) in [4.78, 5) is 27.5. The van der Waals surface area contributed by atoms with E-state index in [0.717, 1.165) is 50.8 Å². The highest BCUT2D eigenvalue weighted by molar-refractivity contribution is 7.89. The number of hydrogen-bond donors (Lipinski definition) is 0. The van der Waals surface area contributed by atoms with Gasteiger partial charge in [-0.25, -0.2) is 17.9 Å². The Kier molecular flexibility index (Phi) is 5.90. The maximum Gasteiger partial charge on any atom is 0.345 e. The second kappa shape index (κ2) is 8.72. The average molecular weight is 474 g/mol. The van der Waals surface area contributed by atoms with E-state index >= 15 is 0 Å². The fourth-order valence-corrected chi connectivity index (χ4v) is 6.52. The van der Waals surface area contributed by atoms with Crippen LogP contribution in [0.2, 0.25) is 0 Å². The smallest absolute Gasteiger partial charge is 0.339 e. The summed E-state index contributed by atoms with van der Waals surface area (Å²) in [5.41, 5.74) is 0.448. The first-order chi connectivity index (χ1) is 15.9. The first-order valence-electron chi connectivity index (χ1n) is 11.9. The molecule has 2 saturated heterocycles. The Hall–Kier alpha value is -2.46. The maximum absolute atomic E-state index is 13.0. The van der Waals surface area contributed by atoms with E-state index < -0.39 is 10.0 Å². The fourth-order valence-electron chi connectivity index (χ4n) is 5.00. The van der Waals surface area contributed by atoms with Crippen molar-refractivity contribution in [2.75, 3.05) is 26.2 Å². The van der Waals surface area contributed by atoms with Gasteiger partial charge in [-0.3, -0.25) is 9.36 Å². The van der Waals surface area contributed by atoms with E-state index in [4.69, 9.17) is 0 Å². The zero-order valence-electron chi connectivity index (χ0n) is 19.0. The Bertz CT molecular complexity index is 1180. The van der Waals surface area contributed by atoms with Crippen LogP contribution in [-0.2, 0) is 17.1 Å². The minimum absolute atomic E-state index is 0.0504. The van der Waals surface area contributed by atoms with E-state index in [9.17, 15) is 18.0 Å². The van der Waals surface area contributed by atoms with Gasteiger partial charge in [0.2, 0.25) is 10.0 Å². The second-order valence-electron chi connectivity index (χ2n) is 9.42. The van der Waals surface area contributed by atoms with Gasteiger partial charge in [0.05, 0.1) is 4.90 Å². The molecule has 3 aliphatic rings. The third kappa shape index (κ3) is 4.26. The molecule has 0 N–H and O–H groups in total. The van der Waals surface area contributed by atoms with Gasteiger partial charge in [-0.2, -0.15) is 9.40 Å². The normalized spacial score (nSPS) is 20.8. The van der Waals surface area contributed by atoms with Crippen molar-refractivity contribution in [2.24, 2.45) is 7.05 Å². The van der Waals surface area contributed by atoms with Gasteiger partial charge < -0.3 is 4.90 Å². The van der Waals surface area contributed by atoms with Gasteiger partial charge in [0, 0.05) is 50.7 Å². The van der Waals surface area contributed by atoms with Gasteiger partial charge in [-0.15, -0.1) is 0 Å². The van der Waals surface area contributed by atoms with Crippen LogP contribution in [-0.4, -0.2) is 64.1 Å². The van der Waals surface area contributed by atoms with Crippen molar-refractivity contribution >= 4 is 15.9 Å². The van der Waals surface area contributed by atoms with Crippen molar-refractivity contribution in [3.05, 3.63) is 46.1 Å². The molecule has 3 fully saturated rings. The number of aromatic nitrogens is 3. The number of aryl methyl sites for hydroxylation is 1. The van der Waals surface area contributed by atoms with Crippen molar-refractivity contribution in [1.82, 2.24) is 23.6 Å². The lowest BCUT2D eigenvalue weighted by atomic mass is 9.95. The number of likely N-dealkylation sites (tertiary alicyclic amines) is 1. The van der Waals surface area contributed by atoms with Gasteiger partial charge in [0.25, 0.3) is 5.91 Å². The molecule has 0 atom stereocenters. The standard InChI is InChI=1S/C23H31N5O4S/c1-25-23(30)28(19-7-8-19)21(24-25)17-11-15-26(16-12-17)22(29)18-5-9-20(10-6-18)33(31,32)27-13-3-2-4-14-27/h5-6,9-10,17,19H,2-4,7-8,11-16H2,1H3. The summed E-state index contributed by atoms with van der Waals surface area (Å²) >= 11 is 0. The van der Waals surface area contributed by atoms with Gasteiger partial charge >= 0.3 is 5.69 Å². The predicted molar refractivity (Wildman–Crippen MR) is 123 cm³/mol. The minimum Gasteiger partial charge on any atom is -0.339 e. The topological polar surface area (TPSA) is 97.5 Å². The molecule has 5 rings (SSSR count). The first-order valence-corrected chi connectivity index (χ1v) is 13.3. The monoisotopic (exact) mass is 473 g/mol. The second-order valence-corrected chi connectivity index (χ2v) is 11.4. The van der Waals surface area contributed by atoms with E-state index in [1.807, 2.05) is 9.47 Å². The number of benzene rings is 1. The van der Waals surface area contributed by atoms with Crippen molar-refractivity contribution in [2.45, 2.75) is 61.8 Å². The zero-order valence-corrected chi connectivity index (χ0v) is 19.8. The van der Waals surface area contributed by atoms with Crippen LogP contribution in [0.15, 0.2) is 34.0 Å². The Balaban J connectivity index is 1.24. The molecule has 1 saturated carbocycles. The van der Waals surface area contributed by atoms with Crippen molar-refractivity contribution in [1.29, 1.82) is 0 Å². The summed E-state index contributed by atoms with van der Waals surface area (Å²) in [6.07, 6.45) is 6.42. The molecule has 1 aromatic heterocycles. The number of nitrogens with zero attached hydrogens (tertiary/aromatic N) is 5. The average Bonchev–Trinajstić information content (AvgIpc) is 3.64. The van der Waals surface area contributed by atoms with Crippen LogP contribution in [0.25, 0.3) is 0 Å². The van der Waals surface area contributed by atoms with Gasteiger partial charge in [0.1, 0.15) is 5.82 Å². The fraction of sp³-hybridized carbons (Fsp3) is 0.609. The summed E-state index contributed by atoms with van der Waals surface area (Å²) in [6, 6.07) is 6.61. The molecule has 33 heavy (non-hydrogen) atoms. The van der Waals surface area contributed by atoms with Crippen LogP contribution in [0, 0.1) is 0 Å². The molecule has 2 aliphatic heterocycles. The lowest BCUT2D eigenvalue weighted by Crippen LogP contribution is -2.38. The Morgan fingerprint density at radius 3 is 2.18 bits per heavy atom. The Morgan fingerprint density at radius 1 is 0.939 bits per heavy atom. The molecule has 3 heterocycles. The molecule has 0 bridgehead atoms. The van der Waals surface area contributed by atoms with Gasteiger partial charge in [-0.1, -0.05) is 6.42 Å². The van der Waals surface area contributed by atoms with Crippen LogP contribution >= 0.6 is 0 Å². The molecule has 1 aliphatic carbocycles. The summed E-state index contributed by atoms with van der Waals surface area (Å²) in [5.74, 6) is 0.931. The molecule has 0 spiro atoms. The van der Waals surface area contributed by atoms with E-state index in [1.54, 1.807) is 31.3 Å². The number of rotatable bonds is 5. The Morgan fingerprint density at radius 2 is 1.58 bits per heavy atom. The quantitative estimate of drug-likeness (QED) is 0.663. The molecule has 0 radical (unpaired) electrons. The van der Waals surface area contributed by atoms with Crippen LogP contribution in [0.1, 0.15) is 73.1 Å². The lowest BCUT2D eigenvalue weighted by molar-refractivity contribution is 0.0710. The largest absolute Gasteiger partial charge is 0.345 e. The maximum atomic E-state index is 13.0. The summed E-state index contributed by atoms with van der Waals surface area (Å²) < 4.78 is 30.5. The molecule has 0 unspecified atom stereocenters. The van der Waals surface area contributed by atoms with E-state index in [-0.39, 0.29) is 28.5 Å². The number of amides is 1. The highest BCUT2D eigenvalue weighted by atomic mass is 32.2. The van der Waals surface area contributed by atoms with Crippen LogP contribution in [0.3, 0.4) is 0 Å². The van der Waals surface area contributed by atoms with Crippen LogP contribution < -0.4 is 5.69 Å². The number of piperidine rings is 2. The minimum atomic E-state index is -3.50. The van der Waals surface area contributed by atoms with Crippen LogP contribution in [0.4, 0.5) is 0 Å². The predicted octanol–water partition coefficient (Wildman–Crippen LogP) is 2.11.